The fraction of sp³-hybridized carbons (Fsp3) is 0.0833. The smallest absolute Gasteiger partial charge is 0.0646 e. The van der Waals surface area contributed by atoms with Crippen LogP contribution < -0.4 is 5.44 Å². The summed E-state index contributed by atoms with van der Waals surface area (Å²) in [6.45, 7) is 2.09. The number of rotatable bonds is 1. The van der Waals surface area contributed by atoms with Crippen LogP contribution in [0, 0.1) is 6.92 Å². The SMILES string of the molecule is Cc1ccc(-c2cccnc2P)cc1. The number of hydrogen-bond acceptors (Lipinski definition) is 1. The summed E-state index contributed by atoms with van der Waals surface area (Å²) in [5, 5.41) is 0. The summed E-state index contributed by atoms with van der Waals surface area (Å²) in [6, 6.07) is 12.5. The van der Waals surface area contributed by atoms with Crippen molar-refractivity contribution in [1.82, 2.24) is 4.98 Å². The number of aryl methyl sites for hydroxylation is 1. The standard InChI is InChI=1S/C12H12NP/c1-9-4-6-10(7-5-9)11-3-2-8-13-12(11)14/h2-8H,14H2,1H3. The van der Waals surface area contributed by atoms with Crippen LogP contribution in [0.3, 0.4) is 0 Å². The average molecular weight is 201 g/mol. The number of nitrogens with zero attached hydrogens (tertiary/aromatic N) is 1. The van der Waals surface area contributed by atoms with Gasteiger partial charge in [0.1, 0.15) is 0 Å². The lowest BCUT2D eigenvalue weighted by atomic mass is 10.1. The molecule has 1 aromatic carbocycles. The molecule has 1 atom stereocenters. The Morgan fingerprint density at radius 3 is 2.43 bits per heavy atom. The number of hydrogen-bond donors (Lipinski definition) is 0. The van der Waals surface area contributed by atoms with Crippen LogP contribution in [0.5, 0.6) is 0 Å². The molecule has 0 aliphatic heterocycles. The van der Waals surface area contributed by atoms with Gasteiger partial charge in [0.05, 0.1) is 5.44 Å². The van der Waals surface area contributed by atoms with Gasteiger partial charge in [-0.05, 0) is 18.6 Å². The molecule has 0 N–H and O–H groups in total. The Hall–Kier alpha value is -1.20. The zero-order chi connectivity index (χ0) is 9.97. The highest BCUT2D eigenvalue weighted by Gasteiger charge is 2.00. The molecule has 1 heterocycles. The summed E-state index contributed by atoms with van der Waals surface area (Å²) in [7, 11) is 2.66. The van der Waals surface area contributed by atoms with E-state index in [4.69, 9.17) is 0 Å². The second kappa shape index (κ2) is 3.89. The Bertz CT molecular complexity index is 434. The van der Waals surface area contributed by atoms with Crippen molar-refractivity contribution >= 4 is 14.7 Å². The van der Waals surface area contributed by atoms with E-state index in [0.29, 0.717) is 0 Å². The normalized spacial score (nSPS) is 10.1. The molecule has 1 aromatic heterocycles. The molecule has 0 radical (unpaired) electrons. The monoisotopic (exact) mass is 201 g/mol. The largest absolute Gasteiger partial charge is 0.256 e. The molecule has 1 unspecified atom stereocenters. The van der Waals surface area contributed by atoms with Crippen LogP contribution in [-0.4, -0.2) is 4.98 Å². The average Bonchev–Trinajstić information content (AvgIpc) is 2.20. The van der Waals surface area contributed by atoms with Crippen molar-refractivity contribution in [3.8, 4) is 11.1 Å². The summed E-state index contributed by atoms with van der Waals surface area (Å²) in [4.78, 5) is 4.24. The maximum Gasteiger partial charge on any atom is 0.0646 e. The van der Waals surface area contributed by atoms with E-state index in [1.165, 1.54) is 16.7 Å². The third kappa shape index (κ3) is 1.83. The van der Waals surface area contributed by atoms with E-state index in [1.54, 1.807) is 6.20 Å². The molecule has 1 nitrogen and oxygen atoms in total. The summed E-state index contributed by atoms with van der Waals surface area (Å²) in [5.74, 6) is 0. The van der Waals surface area contributed by atoms with E-state index in [0.717, 1.165) is 5.44 Å². The van der Waals surface area contributed by atoms with Crippen molar-refractivity contribution in [1.29, 1.82) is 0 Å². The van der Waals surface area contributed by atoms with Crippen LogP contribution >= 0.6 is 9.24 Å². The highest BCUT2D eigenvalue weighted by Crippen LogP contribution is 2.18. The molecular formula is C12H12NP. The van der Waals surface area contributed by atoms with Crippen molar-refractivity contribution in [2.45, 2.75) is 6.92 Å². The van der Waals surface area contributed by atoms with E-state index < -0.39 is 0 Å². The molecule has 0 fully saturated rings. The highest BCUT2D eigenvalue weighted by molar-refractivity contribution is 7.27. The van der Waals surface area contributed by atoms with Gasteiger partial charge in [0.15, 0.2) is 0 Å². The minimum absolute atomic E-state index is 0.997. The Morgan fingerprint density at radius 1 is 1.07 bits per heavy atom. The first-order chi connectivity index (χ1) is 6.77. The second-order valence-electron chi connectivity index (χ2n) is 3.30. The van der Waals surface area contributed by atoms with Crippen molar-refractivity contribution in [3.05, 3.63) is 48.2 Å². The van der Waals surface area contributed by atoms with Gasteiger partial charge >= 0.3 is 0 Å². The minimum atomic E-state index is 0.997. The Kier molecular flexibility index (Phi) is 2.60. The van der Waals surface area contributed by atoms with Gasteiger partial charge in [-0.25, -0.2) is 0 Å². The first-order valence-corrected chi connectivity index (χ1v) is 5.12. The van der Waals surface area contributed by atoms with Gasteiger partial charge in [0.2, 0.25) is 0 Å². The molecular weight excluding hydrogens is 189 g/mol. The molecule has 0 aliphatic rings. The molecule has 0 saturated heterocycles. The molecule has 0 spiro atoms. The predicted molar refractivity (Wildman–Crippen MR) is 63.8 cm³/mol. The van der Waals surface area contributed by atoms with Crippen LogP contribution in [0.4, 0.5) is 0 Å². The first kappa shape index (κ1) is 9.36. The van der Waals surface area contributed by atoms with Gasteiger partial charge in [-0.3, -0.25) is 4.98 Å². The summed E-state index contributed by atoms with van der Waals surface area (Å²) in [6.07, 6.45) is 1.81. The Balaban J connectivity index is 2.50. The highest BCUT2D eigenvalue weighted by atomic mass is 31.0. The Morgan fingerprint density at radius 2 is 1.79 bits per heavy atom. The molecule has 0 aliphatic carbocycles. The third-order valence-corrected chi connectivity index (χ3v) is 2.66. The quantitative estimate of drug-likeness (QED) is 0.646. The maximum absolute atomic E-state index is 4.24. The van der Waals surface area contributed by atoms with E-state index >= 15 is 0 Å². The van der Waals surface area contributed by atoms with Gasteiger partial charge in [-0.15, -0.1) is 0 Å². The molecule has 2 aromatic rings. The van der Waals surface area contributed by atoms with Crippen molar-refractivity contribution in [2.75, 3.05) is 0 Å². The predicted octanol–water partition coefficient (Wildman–Crippen LogP) is 2.56. The first-order valence-electron chi connectivity index (χ1n) is 4.55. The van der Waals surface area contributed by atoms with Gasteiger partial charge in [-0.1, -0.05) is 45.1 Å². The topological polar surface area (TPSA) is 12.9 Å². The fourth-order valence-electron chi connectivity index (χ4n) is 1.39. The van der Waals surface area contributed by atoms with Gasteiger partial charge in [0, 0.05) is 11.8 Å². The maximum atomic E-state index is 4.24. The lowest BCUT2D eigenvalue weighted by molar-refractivity contribution is 1.39. The van der Waals surface area contributed by atoms with Crippen LogP contribution in [0.1, 0.15) is 5.56 Å². The molecule has 70 valence electrons. The van der Waals surface area contributed by atoms with Gasteiger partial charge in [-0.2, -0.15) is 0 Å². The van der Waals surface area contributed by atoms with E-state index in [1.807, 2.05) is 6.07 Å². The minimum Gasteiger partial charge on any atom is -0.256 e. The van der Waals surface area contributed by atoms with Crippen LogP contribution in [0.15, 0.2) is 42.6 Å². The number of aromatic nitrogens is 1. The lowest BCUT2D eigenvalue weighted by Crippen LogP contribution is -2.00. The number of benzene rings is 1. The second-order valence-corrected chi connectivity index (χ2v) is 3.85. The summed E-state index contributed by atoms with van der Waals surface area (Å²) in [5.41, 5.74) is 4.67. The lowest BCUT2D eigenvalue weighted by Gasteiger charge is -2.04. The van der Waals surface area contributed by atoms with Crippen LogP contribution in [-0.2, 0) is 0 Å². The molecule has 2 heteroatoms. The Labute approximate surface area is 86.4 Å². The molecule has 0 saturated carbocycles. The van der Waals surface area contributed by atoms with E-state index in [9.17, 15) is 0 Å². The molecule has 0 bridgehead atoms. The number of pyridine rings is 1. The van der Waals surface area contributed by atoms with Crippen molar-refractivity contribution in [3.63, 3.8) is 0 Å². The summed E-state index contributed by atoms with van der Waals surface area (Å²) >= 11 is 0. The van der Waals surface area contributed by atoms with Crippen molar-refractivity contribution in [2.24, 2.45) is 0 Å². The summed E-state index contributed by atoms with van der Waals surface area (Å²) < 4.78 is 0. The van der Waals surface area contributed by atoms with E-state index in [-0.39, 0.29) is 0 Å². The van der Waals surface area contributed by atoms with Crippen molar-refractivity contribution < 1.29 is 0 Å². The fourth-order valence-corrected chi connectivity index (χ4v) is 1.74. The zero-order valence-electron chi connectivity index (χ0n) is 8.07. The van der Waals surface area contributed by atoms with Crippen LogP contribution in [0.2, 0.25) is 0 Å². The third-order valence-electron chi connectivity index (χ3n) is 2.20. The molecule has 2 rings (SSSR count). The van der Waals surface area contributed by atoms with E-state index in [2.05, 4.69) is 51.5 Å². The molecule has 0 amide bonds. The van der Waals surface area contributed by atoms with Gasteiger partial charge < -0.3 is 0 Å². The zero-order valence-corrected chi connectivity index (χ0v) is 9.22. The van der Waals surface area contributed by atoms with Gasteiger partial charge in [0.25, 0.3) is 0 Å². The van der Waals surface area contributed by atoms with Crippen LogP contribution in [0.25, 0.3) is 11.1 Å². The molecule has 14 heavy (non-hydrogen) atoms.